The van der Waals surface area contributed by atoms with Crippen molar-refractivity contribution in [1.82, 2.24) is 15.9 Å². The summed E-state index contributed by atoms with van der Waals surface area (Å²) in [5.41, 5.74) is 0.631. The monoisotopic (exact) mass is 614 g/mol. The van der Waals surface area contributed by atoms with E-state index in [0.717, 1.165) is 15.9 Å². The molecule has 222 valence electrons. The normalized spacial score (nSPS) is 14.0. The molecule has 4 aromatic rings. The van der Waals surface area contributed by atoms with Crippen LogP contribution < -0.4 is 26.8 Å². The van der Waals surface area contributed by atoms with E-state index in [-0.39, 0.29) is 37.2 Å². The highest BCUT2D eigenvalue weighted by Crippen LogP contribution is 2.37. The van der Waals surface area contributed by atoms with E-state index in [9.17, 15) is 31.1 Å². The van der Waals surface area contributed by atoms with Crippen LogP contribution in [0.4, 0.5) is 26.3 Å². The van der Waals surface area contributed by atoms with Crippen LogP contribution in [0.25, 0.3) is 0 Å². The third kappa shape index (κ3) is 7.42. The molecule has 0 aromatic heterocycles. The average molecular weight is 615 g/mol. The molecule has 0 radical (unpaired) electrons. The third-order valence-electron chi connectivity index (χ3n) is 6.62. The van der Waals surface area contributed by atoms with Gasteiger partial charge in [-0.2, -0.15) is 36.5 Å². The summed E-state index contributed by atoms with van der Waals surface area (Å²) in [6, 6.07) is 28.6. The minimum atomic E-state index is -4.93. The van der Waals surface area contributed by atoms with Gasteiger partial charge in [-0.3, -0.25) is 4.79 Å². The molecule has 0 fully saturated rings. The van der Waals surface area contributed by atoms with Crippen LogP contribution in [0.5, 0.6) is 0 Å². The molecule has 0 unspecified atom stereocenters. The van der Waals surface area contributed by atoms with Gasteiger partial charge in [-0.1, -0.05) is 78.9 Å². The Morgan fingerprint density at radius 3 is 1.88 bits per heavy atom. The van der Waals surface area contributed by atoms with E-state index in [1.807, 2.05) is 72.8 Å². The minimum Gasteiger partial charge on any atom is -0.347 e. The molecule has 43 heavy (non-hydrogen) atoms. The van der Waals surface area contributed by atoms with Gasteiger partial charge in [0.25, 0.3) is 5.91 Å². The molecule has 0 spiro atoms. The van der Waals surface area contributed by atoms with Gasteiger partial charge in [-0.05, 0) is 53.7 Å². The number of nitrogens with zero attached hydrogens (tertiary/aromatic N) is 2. The first kappa shape index (κ1) is 30.3. The molecular formula is C31H25F6N4OP. The molecule has 5 rings (SSSR count). The third-order valence-corrected chi connectivity index (χ3v) is 9.12. The van der Waals surface area contributed by atoms with E-state index in [1.54, 1.807) is 12.1 Å². The molecule has 1 heterocycles. The van der Waals surface area contributed by atoms with Crippen LogP contribution in [-0.2, 0) is 18.9 Å². The molecule has 4 aromatic carbocycles. The largest absolute Gasteiger partial charge is 0.416 e. The fourth-order valence-corrected chi connectivity index (χ4v) is 7.12. The zero-order chi connectivity index (χ0) is 30.6. The Hall–Kier alpha value is -4.21. The summed E-state index contributed by atoms with van der Waals surface area (Å²) in [6.07, 6.45) is -9.86. The van der Waals surface area contributed by atoms with Crippen LogP contribution in [0.2, 0.25) is 0 Å². The van der Waals surface area contributed by atoms with E-state index in [1.165, 1.54) is 5.01 Å². The van der Waals surface area contributed by atoms with E-state index in [2.05, 4.69) is 16.0 Å². The molecule has 1 aliphatic heterocycles. The lowest BCUT2D eigenvalue weighted by molar-refractivity contribution is -0.143. The van der Waals surface area contributed by atoms with Crippen molar-refractivity contribution in [3.63, 3.8) is 0 Å². The van der Waals surface area contributed by atoms with E-state index >= 15 is 0 Å². The van der Waals surface area contributed by atoms with Crippen molar-refractivity contribution in [3.05, 3.63) is 125 Å². The second-order valence-electron chi connectivity index (χ2n) is 9.75. The maximum absolute atomic E-state index is 13.4. The summed E-state index contributed by atoms with van der Waals surface area (Å²) in [5, 5.41) is 11.4. The number of hydrogen-bond donors (Lipinski definition) is 2. The number of hydrogen-bond acceptors (Lipinski definition) is 4. The molecule has 0 atom stereocenters. The van der Waals surface area contributed by atoms with Crippen molar-refractivity contribution in [3.8, 4) is 0 Å². The Kier molecular flexibility index (Phi) is 8.84. The number of alkyl halides is 6. The fourth-order valence-electron chi connectivity index (χ4n) is 4.67. The smallest absolute Gasteiger partial charge is 0.347 e. The zero-order valence-corrected chi connectivity index (χ0v) is 23.3. The van der Waals surface area contributed by atoms with Crippen LogP contribution in [0, 0.1) is 0 Å². The van der Waals surface area contributed by atoms with Gasteiger partial charge in [0.2, 0.25) is 0 Å². The Balaban J connectivity index is 1.28. The lowest BCUT2D eigenvalue weighted by Gasteiger charge is -2.22. The summed E-state index contributed by atoms with van der Waals surface area (Å²) < 4.78 is 79.4. The van der Waals surface area contributed by atoms with Crippen LogP contribution in [0.1, 0.15) is 27.0 Å². The molecule has 0 bridgehead atoms. The number of rotatable bonds is 8. The predicted octanol–water partition coefficient (Wildman–Crippen LogP) is 5.59. The van der Waals surface area contributed by atoms with Crippen molar-refractivity contribution in [2.24, 2.45) is 5.10 Å². The maximum Gasteiger partial charge on any atom is 0.416 e. The molecular weight excluding hydrogens is 589 g/mol. The Labute approximate surface area is 245 Å². The standard InChI is InChI=1S/C31H25F6N4OP/c32-30(33,34)22-15-21(16-23(17-22)31(35,36)37)19-41-20-24(39-40-41)18-38-29(42)27-13-7-8-14-28(27)43(25-9-3-1-4-10-25)26-11-5-2-6-12-26/h1-17,40H,18-20H2,(H,38,42). The number of nitrogens with one attached hydrogen (secondary N) is 2. The lowest BCUT2D eigenvalue weighted by Crippen LogP contribution is -2.36. The topological polar surface area (TPSA) is 56.7 Å². The van der Waals surface area contributed by atoms with Crippen molar-refractivity contribution >= 4 is 35.5 Å². The molecule has 2 N–H and O–H groups in total. The molecule has 0 saturated carbocycles. The number of amides is 1. The Morgan fingerprint density at radius 1 is 0.791 bits per heavy atom. The van der Waals surface area contributed by atoms with Crippen LogP contribution in [0.3, 0.4) is 0 Å². The van der Waals surface area contributed by atoms with E-state index < -0.39 is 31.4 Å². The highest BCUT2D eigenvalue weighted by Gasteiger charge is 2.37. The number of halogens is 6. The van der Waals surface area contributed by atoms with E-state index in [0.29, 0.717) is 23.4 Å². The summed E-state index contributed by atoms with van der Waals surface area (Å²) in [6.45, 7) is -0.156. The highest BCUT2D eigenvalue weighted by molar-refractivity contribution is 7.80. The zero-order valence-electron chi connectivity index (χ0n) is 22.5. The Morgan fingerprint density at radius 2 is 1.33 bits per heavy atom. The number of benzene rings is 4. The van der Waals surface area contributed by atoms with Crippen LogP contribution in [0.15, 0.2) is 108 Å². The van der Waals surface area contributed by atoms with Crippen molar-refractivity contribution in [1.29, 1.82) is 0 Å². The summed E-state index contributed by atoms with van der Waals surface area (Å²) >= 11 is 0. The van der Waals surface area contributed by atoms with Crippen molar-refractivity contribution < 1.29 is 31.1 Å². The van der Waals surface area contributed by atoms with Gasteiger partial charge in [0, 0.05) is 12.1 Å². The number of hydrazone groups is 1. The minimum absolute atomic E-state index is 0.0294. The number of carbonyl (C=O) groups is 1. The van der Waals surface area contributed by atoms with E-state index in [4.69, 9.17) is 0 Å². The lowest BCUT2D eigenvalue weighted by atomic mass is 10.0. The van der Waals surface area contributed by atoms with Gasteiger partial charge in [0.1, 0.15) is 0 Å². The SMILES string of the molecule is O=C(NCC1=NNN(Cc2cc(C(F)(F)F)cc(C(F)(F)F)c2)C1)c1ccccc1P(c1ccccc1)c1ccccc1. The van der Waals surface area contributed by atoms with Gasteiger partial charge >= 0.3 is 12.4 Å². The molecule has 0 aliphatic carbocycles. The first-order chi connectivity index (χ1) is 20.5. The van der Waals surface area contributed by atoms with Gasteiger partial charge in [0.05, 0.1) is 29.9 Å². The Bertz CT molecular complexity index is 1540. The van der Waals surface area contributed by atoms with Gasteiger partial charge in [0.15, 0.2) is 0 Å². The number of hydrazine groups is 1. The highest BCUT2D eigenvalue weighted by atomic mass is 31.1. The average Bonchev–Trinajstić information content (AvgIpc) is 3.43. The molecule has 0 saturated heterocycles. The summed E-state index contributed by atoms with van der Waals surface area (Å²) in [5.74, 6) is -0.330. The molecule has 12 heteroatoms. The molecule has 5 nitrogen and oxygen atoms in total. The maximum atomic E-state index is 13.4. The number of carbonyl (C=O) groups excluding carboxylic acids is 1. The van der Waals surface area contributed by atoms with Crippen LogP contribution in [-0.4, -0.2) is 29.7 Å². The van der Waals surface area contributed by atoms with Crippen LogP contribution >= 0.6 is 7.92 Å². The quantitative estimate of drug-likeness (QED) is 0.201. The van der Waals surface area contributed by atoms with Gasteiger partial charge in [-0.25, -0.2) is 5.53 Å². The molecule has 1 aliphatic rings. The summed E-state index contributed by atoms with van der Waals surface area (Å²) in [4.78, 5) is 13.4. The second-order valence-corrected chi connectivity index (χ2v) is 11.9. The summed E-state index contributed by atoms with van der Waals surface area (Å²) in [7, 11) is -1.05. The fraction of sp³-hybridized carbons (Fsp3) is 0.161. The van der Waals surface area contributed by atoms with Gasteiger partial charge in [-0.15, -0.1) is 0 Å². The first-order valence-corrected chi connectivity index (χ1v) is 14.4. The molecule has 1 amide bonds. The predicted molar refractivity (Wildman–Crippen MR) is 155 cm³/mol. The van der Waals surface area contributed by atoms with Gasteiger partial charge < -0.3 is 5.32 Å². The first-order valence-electron chi connectivity index (χ1n) is 13.1. The second kappa shape index (κ2) is 12.6. The van der Waals surface area contributed by atoms with Crippen molar-refractivity contribution in [2.45, 2.75) is 18.9 Å². The van der Waals surface area contributed by atoms with Crippen molar-refractivity contribution in [2.75, 3.05) is 13.1 Å².